The quantitative estimate of drug-likeness (QED) is 0.748. The lowest BCUT2D eigenvalue weighted by molar-refractivity contribution is -0.141. The molecule has 6 nitrogen and oxygen atoms in total. The monoisotopic (exact) mass is 244 g/mol. The third-order valence-electron chi connectivity index (χ3n) is 2.99. The van der Waals surface area contributed by atoms with Crippen LogP contribution in [0.5, 0.6) is 0 Å². The van der Waals surface area contributed by atoms with E-state index in [1.54, 1.807) is 14.0 Å². The molecule has 1 saturated heterocycles. The number of carbonyl (C=O) groups excluding carboxylic acids is 1. The van der Waals surface area contributed by atoms with Gasteiger partial charge in [0.15, 0.2) is 0 Å². The molecule has 0 aromatic heterocycles. The van der Waals surface area contributed by atoms with Crippen molar-refractivity contribution in [2.45, 2.75) is 38.3 Å². The van der Waals surface area contributed by atoms with E-state index in [0.717, 1.165) is 6.42 Å². The van der Waals surface area contributed by atoms with Gasteiger partial charge in [-0.2, -0.15) is 0 Å². The second kappa shape index (κ2) is 5.86. The minimum absolute atomic E-state index is 0.268. The Bertz CT molecular complexity index is 293. The molecule has 0 aliphatic carbocycles. The van der Waals surface area contributed by atoms with Gasteiger partial charge in [-0.15, -0.1) is 0 Å². The molecule has 6 heteroatoms. The summed E-state index contributed by atoms with van der Waals surface area (Å²) in [6.45, 7) is 2.59. The molecular formula is C11H20N2O4. The van der Waals surface area contributed by atoms with Crippen molar-refractivity contribution in [2.75, 3.05) is 20.1 Å². The number of aliphatic hydroxyl groups is 1. The van der Waals surface area contributed by atoms with Crippen LogP contribution in [0.2, 0.25) is 0 Å². The van der Waals surface area contributed by atoms with Crippen molar-refractivity contribution in [3.8, 4) is 0 Å². The lowest BCUT2D eigenvalue weighted by Gasteiger charge is -2.27. The number of aliphatic hydroxyl groups excluding tert-OH is 1. The maximum absolute atomic E-state index is 12.0. The van der Waals surface area contributed by atoms with Crippen LogP contribution < -0.4 is 0 Å². The summed E-state index contributed by atoms with van der Waals surface area (Å²) >= 11 is 0. The molecular weight excluding hydrogens is 224 g/mol. The van der Waals surface area contributed by atoms with Crippen LogP contribution in [-0.2, 0) is 4.79 Å². The highest BCUT2D eigenvalue weighted by Gasteiger charge is 2.35. The van der Waals surface area contributed by atoms with Crippen molar-refractivity contribution >= 4 is 12.0 Å². The van der Waals surface area contributed by atoms with E-state index in [1.165, 1.54) is 9.80 Å². The number of hydrogen-bond acceptors (Lipinski definition) is 3. The fraction of sp³-hybridized carbons (Fsp3) is 0.818. The average Bonchev–Trinajstić information content (AvgIpc) is 2.73. The van der Waals surface area contributed by atoms with Crippen molar-refractivity contribution in [1.29, 1.82) is 0 Å². The van der Waals surface area contributed by atoms with E-state index >= 15 is 0 Å². The Morgan fingerprint density at radius 3 is 2.71 bits per heavy atom. The molecule has 2 amide bonds. The molecule has 1 rings (SSSR count). The van der Waals surface area contributed by atoms with Gasteiger partial charge in [-0.1, -0.05) is 0 Å². The molecule has 0 aromatic carbocycles. The van der Waals surface area contributed by atoms with Crippen LogP contribution in [0, 0.1) is 0 Å². The van der Waals surface area contributed by atoms with Crippen LogP contribution in [-0.4, -0.2) is 64.3 Å². The standard InChI is InChI=1S/C11H20N2O4/c1-8(14)5-7-12(2)11(17)13-6-3-4-9(13)10(15)16/h8-9,14H,3-7H2,1-2H3,(H,15,16). The first-order valence-electron chi connectivity index (χ1n) is 5.86. The number of urea groups is 1. The summed E-state index contributed by atoms with van der Waals surface area (Å²) in [4.78, 5) is 25.8. The summed E-state index contributed by atoms with van der Waals surface area (Å²) < 4.78 is 0. The molecule has 0 aromatic rings. The van der Waals surface area contributed by atoms with Gasteiger partial charge < -0.3 is 20.0 Å². The van der Waals surface area contributed by atoms with Gasteiger partial charge in [0.2, 0.25) is 0 Å². The Morgan fingerprint density at radius 2 is 2.18 bits per heavy atom. The Hall–Kier alpha value is -1.30. The first-order valence-corrected chi connectivity index (χ1v) is 5.86. The zero-order valence-electron chi connectivity index (χ0n) is 10.3. The summed E-state index contributed by atoms with van der Waals surface area (Å²) in [5, 5.41) is 18.1. The number of rotatable bonds is 4. The van der Waals surface area contributed by atoms with Crippen LogP contribution in [0.1, 0.15) is 26.2 Å². The molecule has 0 saturated carbocycles. The fourth-order valence-electron chi connectivity index (χ4n) is 1.95. The van der Waals surface area contributed by atoms with Crippen molar-refractivity contribution in [3.63, 3.8) is 0 Å². The van der Waals surface area contributed by atoms with E-state index in [-0.39, 0.29) is 6.03 Å². The summed E-state index contributed by atoms with van der Waals surface area (Å²) in [7, 11) is 1.63. The normalized spacial score (nSPS) is 21.4. The molecule has 2 N–H and O–H groups in total. The van der Waals surface area contributed by atoms with Crippen LogP contribution in [0.4, 0.5) is 4.79 Å². The smallest absolute Gasteiger partial charge is 0.326 e. The molecule has 17 heavy (non-hydrogen) atoms. The van der Waals surface area contributed by atoms with Crippen LogP contribution in [0.15, 0.2) is 0 Å². The van der Waals surface area contributed by atoms with Gasteiger partial charge in [0.05, 0.1) is 6.10 Å². The number of amides is 2. The van der Waals surface area contributed by atoms with E-state index in [1.807, 2.05) is 0 Å². The predicted molar refractivity (Wildman–Crippen MR) is 61.7 cm³/mol. The highest BCUT2D eigenvalue weighted by molar-refractivity contribution is 5.83. The Kier molecular flexibility index (Phi) is 4.74. The van der Waals surface area contributed by atoms with E-state index in [0.29, 0.717) is 25.9 Å². The average molecular weight is 244 g/mol. The Balaban J connectivity index is 2.53. The van der Waals surface area contributed by atoms with Gasteiger partial charge in [0, 0.05) is 20.1 Å². The summed E-state index contributed by atoms with van der Waals surface area (Å²) in [6.07, 6.45) is 1.28. The lowest BCUT2D eigenvalue weighted by Crippen LogP contribution is -2.47. The molecule has 1 heterocycles. The van der Waals surface area contributed by atoms with Crippen molar-refractivity contribution in [1.82, 2.24) is 9.80 Å². The molecule has 1 aliphatic rings. The molecule has 1 fully saturated rings. The summed E-state index contributed by atoms with van der Waals surface area (Å²) in [6, 6.07) is -0.966. The molecule has 2 unspecified atom stereocenters. The van der Waals surface area contributed by atoms with Gasteiger partial charge in [0.1, 0.15) is 6.04 Å². The van der Waals surface area contributed by atoms with Gasteiger partial charge in [-0.05, 0) is 26.2 Å². The SMILES string of the molecule is CC(O)CCN(C)C(=O)N1CCCC1C(=O)O. The molecule has 0 radical (unpaired) electrons. The molecule has 0 spiro atoms. The third kappa shape index (κ3) is 3.59. The summed E-state index contributed by atoms with van der Waals surface area (Å²) in [5.41, 5.74) is 0. The minimum Gasteiger partial charge on any atom is -0.480 e. The van der Waals surface area contributed by atoms with Gasteiger partial charge >= 0.3 is 12.0 Å². The number of hydrogen-bond donors (Lipinski definition) is 2. The fourth-order valence-corrected chi connectivity index (χ4v) is 1.95. The number of carboxylic acid groups (broad SMARTS) is 1. The van der Waals surface area contributed by atoms with E-state index < -0.39 is 18.1 Å². The Labute approximate surface area is 101 Å². The van der Waals surface area contributed by atoms with Crippen LogP contribution in [0.25, 0.3) is 0 Å². The number of nitrogens with zero attached hydrogens (tertiary/aromatic N) is 2. The first-order chi connectivity index (χ1) is 7.93. The molecule has 98 valence electrons. The number of aliphatic carboxylic acids is 1. The number of carboxylic acids is 1. The third-order valence-corrected chi connectivity index (χ3v) is 2.99. The van der Waals surface area contributed by atoms with Crippen LogP contribution >= 0.6 is 0 Å². The Morgan fingerprint density at radius 1 is 1.53 bits per heavy atom. The first kappa shape index (κ1) is 13.8. The number of likely N-dealkylation sites (tertiary alicyclic amines) is 1. The molecule has 0 bridgehead atoms. The van der Waals surface area contributed by atoms with Crippen LogP contribution in [0.3, 0.4) is 0 Å². The molecule has 2 atom stereocenters. The van der Waals surface area contributed by atoms with Gasteiger partial charge in [-0.3, -0.25) is 0 Å². The van der Waals surface area contributed by atoms with E-state index in [4.69, 9.17) is 10.2 Å². The lowest BCUT2D eigenvalue weighted by atomic mass is 10.2. The number of carbonyl (C=O) groups is 2. The largest absolute Gasteiger partial charge is 0.480 e. The predicted octanol–water partition coefficient (Wildman–Crippen LogP) is 0.358. The highest BCUT2D eigenvalue weighted by Crippen LogP contribution is 2.19. The topological polar surface area (TPSA) is 81.1 Å². The van der Waals surface area contributed by atoms with Gasteiger partial charge in [0.25, 0.3) is 0 Å². The van der Waals surface area contributed by atoms with Crippen molar-refractivity contribution < 1.29 is 19.8 Å². The van der Waals surface area contributed by atoms with Crippen molar-refractivity contribution in [3.05, 3.63) is 0 Å². The maximum Gasteiger partial charge on any atom is 0.326 e. The minimum atomic E-state index is -0.945. The zero-order chi connectivity index (χ0) is 13.0. The molecule has 1 aliphatic heterocycles. The van der Waals surface area contributed by atoms with Gasteiger partial charge in [-0.25, -0.2) is 9.59 Å². The maximum atomic E-state index is 12.0. The summed E-state index contributed by atoms with van der Waals surface area (Å²) in [5.74, 6) is -0.945. The van der Waals surface area contributed by atoms with E-state index in [2.05, 4.69) is 0 Å². The second-order valence-corrected chi connectivity index (χ2v) is 4.53. The second-order valence-electron chi connectivity index (χ2n) is 4.53. The zero-order valence-corrected chi connectivity index (χ0v) is 10.3. The van der Waals surface area contributed by atoms with Crippen molar-refractivity contribution in [2.24, 2.45) is 0 Å². The van der Waals surface area contributed by atoms with E-state index in [9.17, 15) is 9.59 Å². The highest BCUT2D eigenvalue weighted by atomic mass is 16.4.